The fourth-order valence-corrected chi connectivity index (χ4v) is 2.53. The van der Waals surface area contributed by atoms with Crippen molar-refractivity contribution in [2.45, 2.75) is 45.6 Å². The molecule has 2 rings (SSSR count). The number of rotatable bonds is 6. The van der Waals surface area contributed by atoms with Crippen molar-refractivity contribution in [1.29, 1.82) is 0 Å². The second-order valence-electron chi connectivity index (χ2n) is 5.47. The molecule has 126 valence electrons. The van der Waals surface area contributed by atoms with Crippen molar-refractivity contribution in [3.63, 3.8) is 0 Å². The summed E-state index contributed by atoms with van der Waals surface area (Å²) in [6.07, 6.45) is 3.63. The molecule has 0 aromatic carbocycles. The molecule has 7 heteroatoms. The van der Waals surface area contributed by atoms with Gasteiger partial charge in [0.25, 0.3) is 0 Å². The number of ether oxygens (including phenoxy) is 2. The van der Waals surface area contributed by atoms with Gasteiger partial charge in [0.2, 0.25) is 11.8 Å². The minimum atomic E-state index is -0.331. The van der Waals surface area contributed by atoms with Crippen LogP contribution in [-0.4, -0.2) is 52.5 Å². The Hall–Kier alpha value is -2.18. The Kier molecular flexibility index (Phi) is 6.31. The molecule has 1 amide bonds. The largest absolute Gasteiger partial charge is 0.472 e. The summed E-state index contributed by atoms with van der Waals surface area (Å²) in [7, 11) is 0. The van der Waals surface area contributed by atoms with Crippen LogP contribution in [0.3, 0.4) is 0 Å². The van der Waals surface area contributed by atoms with E-state index in [0.717, 1.165) is 12.8 Å². The molecule has 1 aliphatic rings. The first-order valence-electron chi connectivity index (χ1n) is 7.98. The maximum Gasteiger partial charge on any atom is 0.306 e. The van der Waals surface area contributed by atoms with E-state index < -0.39 is 0 Å². The van der Waals surface area contributed by atoms with E-state index in [9.17, 15) is 9.59 Å². The number of likely N-dealkylation sites (tertiary alicyclic amines) is 1. The molecule has 0 saturated carbocycles. The molecule has 2 heterocycles. The van der Waals surface area contributed by atoms with E-state index in [1.165, 1.54) is 0 Å². The maximum absolute atomic E-state index is 12.2. The second kappa shape index (κ2) is 8.45. The fraction of sp³-hybridized carbons (Fsp3) is 0.625. The topological polar surface area (TPSA) is 81.6 Å². The number of hydrogen-bond acceptors (Lipinski definition) is 6. The zero-order chi connectivity index (χ0) is 16.7. The van der Waals surface area contributed by atoms with Gasteiger partial charge in [-0.25, -0.2) is 4.98 Å². The summed E-state index contributed by atoms with van der Waals surface area (Å²) in [5, 5.41) is 0. The number of aryl methyl sites for hydroxylation is 1. The van der Waals surface area contributed by atoms with Crippen molar-refractivity contribution in [3.8, 4) is 5.88 Å². The molecule has 0 aliphatic carbocycles. The number of nitrogens with zero attached hydrogens (tertiary/aromatic N) is 3. The standard InChI is InChI=1S/C16H23N3O4/c1-3-22-16(21)7-6-15(20)19-10-4-5-13(11-19)23-14-8-9-17-12(2)18-14/h8-9,13H,3-7,10-11H2,1-2H3. The highest BCUT2D eigenvalue weighted by molar-refractivity contribution is 5.81. The lowest BCUT2D eigenvalue weighted by Gasteiger charge is -2.32. The Morgan fingerprint density at radius 3 is 2.96 bits per heavy atom. The zero-order valence-electron chi connectivity index (χ0n) is 13.7. The fourth-order valence-electron chi connectivity index (χ4n) is 2.53. The van der Waals surface area contributed by atoms with Crippen LogP contribution in [0.1, 0.15) is 38.4 Å². The van der Waals surface area contributed by atoms with E-state index in [-0.39, 0.29) is 30.8 Å². The minimum Gasteiger partial charge on any atom is -0.472 e. The van der Waals surface area contributed by atoms with Gasteiger partial charge in [-0.3, -0.25) is 9.59 Å². The molecular weight excluding hydrogens is 298 g/mol. The van der Waals surface area contributed by atoms with Crippen LogP contribution in [0.25, 0.3) is 0 Å². The third-order valence-electron chi connectivity index (χ3n) is 3.62. The lowest BCUT2D eigenvalue weighted by molar-refractivity contribution is -0.146. The van der Waals surface area contributed by atoms with Crippen LogP contribution < -0.4 is 4.74 Å². The maximum atomic E-state index is 12.2. The Bertz CT molecular complexity index is 550. The minimum absolute atomic E-state index is 0.0368. The monoisotopic (exact) mass is 321 g/mol. The van der Waals surface area contributed by atoms with Gasteiger partial charge in [-0.1, -0.05) is 0 Å². The van der Waals surface area contributed by atoms with Crippen LogP contribution in [0.4, 0.5) is 0 Å². The van der Waals surface area contributed by atoms with E-state index in [2.05, 4.69) is 9.97 Å². The molecule has 1 aromatic rings. The van der Waals surface area contributed by atoms with E-state index in [1.54, 1.807) is 31.0 Å². The van der Waals surface area contributed by atoms with Gasteiger partial charge < -0.3 is 14.4 Å². The SMILES string of the molecule is CCOC(=O)CCC(=O)N1CCCC(Oc2ccnc(C)n2)C1. The number of aromatic nitrogens is 2. The molecule has 1 saturated heterocycles. The molecule has 1 aromatic heterocycles. The smallest absolute Gasteiger partial charge is 0.306 e. The Morgan fingerprint density at radius 1 is 1.39 bits per heavy atom. The molecule has 0 spiro atoms. The van der Waals surface area contributed by atoms with Crippen molar-refractivity contribution >= 4 is 11.9 Å². The van der Waals surface area contributed by atoms with Gasteiger partial charge in [-0.05, 0) is 26.7 Å². The van der Waals surface area contributed by atoms with Crippen LogP contribution >= 0.6 is 0 Å². The summed E-state index contributed by atoms with van der Waals surface area (Å²) in [5.41, 5.74) is 0. The van der Waals surface area contributed by atoms with Crippen LogP contribution in [0.2, 0.25) is 0 Å². The van der Waals surface area contributed by atoms with Crippen molar-refractivity contribution in [2.75, 3.05) is 19.7 Å². The Morgan fingerprint density at radius 2 is 2.22 bits per heavy atom. The predicted molar refractivity (Wildman–Crippen MR) is 82.9 cm³/mol. The second-order valence-corrected chi connectivity index (χ2v) is 5.47. The van der Waals surface area contributed by atoms with E-state index in [4.69, 9.17) is 9.47 Å². The third-order valence-corrected chi connectivity index (χ3v) is 3.62. The number of amides is 1. The van der Waals surface area contributed by atoms with Crippen molar-refractivity contribution in [3.05, 3.63) is 18.1 Å². The van der Waals surface area contributed by atoms with Crippen molar-refractivity contribution in [1.82, 2.24) is 14.9 Å². The van der Waals surface area contributed by atoms with Crippen molar-refractivity contribution < 1.29 is 19.1 Å². The van der Waals surface area contributed by atoms with Gasteiger partial charge in [-0.2, -0.15) is 4.98 Å². The number of esters is 1. The number of hydrogen-bond donors (Lipinski definition) is 0. The molecule has 1 unspecified atom stereocenters. The lowest BCUT2D eigenvalue weighted by atomic mass is 10.1. The van der Waals surface area contributed by atoms with Gasteiger partial charge in [0.05, 0.1) is 19.6 Å². The van der Waals surface area contributed by atoms with Crippen LogP contribution in [0.15, 0.2) is 12.3 Å². The van der Waals surface area contributed by atoms with Gasteiger partial charge >= 0.3 is 5.97 Å². The first-order chi connectivity index (χ1) is 11.1. The summed E-state index contributed by atoms with van der Waals surface area (Å²) in [5.74, 6) is 0.816. The summed E-state index contributed by atoms with van der Waals surface area (Å²) in [4.78, 5) is 33.5. The molecule has 0 radical (unpaired) electrons. The van der Waals surface area contributed by atoms with Gasteiger partial charge in [0, 0.05) is 25.2 Å². The molecule has 23 heavy (non-hydrogen) atoms. The Balaban J connectivity index is 1.82. The number of carbonyl (C=O) groups excluding carboxylic acids is 2. The average molecular weight is 321 g/mol. The van der Waals surface area contributed by atoms with Crippen LogP contribution in [0, 0.1) is 6.92 Å². The molecule has 1 aliphatic heterocycles. The normalized spacial score (nSPS) is 17.7. The van der Waals surface area contributed by atoms with Crippen LogP contribution in [0.5, 0.6) is 5.88 Å². The molecule has 1 fully saturated rings. The third kappa shape index (κ3) is 5.50. The van der Waals surface area contributed by atoms with E-state index >= 15 is 0 Å². The summed E-state index contributed by atoms with van der Waals surface area (Å²) in [6, 6.07) is 1.72. The van der Waals surface area contributed by atoms with Gasteiger partial charge in [-0.15, -0.1) is 0 Å². The number of piperidine rings is 1. The summed E-state index contributed by atoms with van der Waals surface area (Å²) >= 11 is 0. The zero-order valence-corrected chi connectivity index (χ0v) is 13.7. The summed E-state index contributed by atoms with van der Waals surface area (Å²) in [6.45, 7) is 5.11. The number of carbonyl (C=O) groups is 2. The molecule has 0 bridgehead atoms. The average Bonchev–Trinajstić information content (AvgIpc) is 2.53. The summed E-state index contributed by atoms with van der Waals surface area (Å²) < 4.78 is 10.7. The Labute approximate surface area is 136 Å². The molecular formula is C16H23N3O4. The van der Waals surface area contributed by atoms with E-state index in [0.29, 0.717) is 31.4 Å². The van der Waals surface area contributed by atoms with Gasteiger partial charge in [0.1, 0.15) is 11.9 Å². The van der Waals surface area contributed by atoms with Crippen LogP contribution in [-0.2, 0) is 14.3 Å². The molecule has 7 nitrogen and oxygen atoms in total. The molecule has 1 atom stereocenters. The highest BCUT2D eigenvalue weighted by Crippen LogP contribution is 2.17. The lowest BCUT2D eigenvalue weighted by Crippen LogP contribution is -2.44. The highest BCUT2D eigenvalue weighted by atomic mass is 16.5. The van der Waals surface area contributed by atoms with Crippen molar-refractivity contribution in [2.24, 2.45) is 0 Å². The quantitative estimate of drug-likeness (QED) is 0.739. The predicted octanol–water partition coefficient (Wildman–Crippen LogP) is 1.50. The highest BCUT2D eigenvalue weighted by Gasteiger charge is 2.25. The van der Waals surface area contributed by atoms with E-state index in [1.807, 2.05) is 0 Å². The first-order valence-corrected chi connectivity index (χ1v) is 7.98. The molecule has 0 N–H and O–H groups in total. The van der Waals surface area contributed by atoms with Gasteiger partial charge in [0.15, 0.2) is 0 Å². The first kappa shape index (κ1) is 17.2.